The van der Waals surface area contributed by atoms with Gasteiger partial charge in [-0.2, -0.15) is 0 Å². The van der Waals surface area contributed by atoms with E-state index in [1.54, 1.807) is 0 Å². The van der Waals surface area contributed by atoms with E-state index in [2.05, 4.69) is 23.7 Å². The average molecular weight is 273 g/mol. The topological polar surface area (TPSA) is 36.4 Å². The first-order valence-electron chi connectivity index (χ1n) is 7.59. The molecule has 0 N–H and O–H groups in total. The number of likely N-dealkylation sites (tertiary alicyclic amines) is 2. The normalized spacial score (nSPS) is 23.9. The van der Waals surface area contributed by atoms with Crippen LogP contribution in [-0.2, 0) is 6.54 Å². The second-order valence-electron chi connectivity index (χ2n) is 6.46. The Morgan fingerprint density at radius 1 is 1.25 bits per heavy atom. The molecule has 0 unspecified atom stereocenters. The molecule has 3 heterocycles. The molecule has 20 heavy (non-hydrogen) atoms. The van der Waals surface area contributed by atoms with Crippen molar-refractivity contribution in [2.24, 2.45) is 11.8 Å². The lowest BCUT2D eigenvalue weighted by atomic mass is 10.0. The van der Waals surface area contributed by atoms with Crippen molar-refractivity contribution >= 4 is 5.91 Å². The van der Waals surface area contributed by atoms with E-state index in [1.807, 2.05) is 23.1 Å². The number of amides is 1. The van der Waals surface area contributed by atoms with Crippen LogP contribution >= 0.6 is 0 Å². The van der Waals surface area contributed by atoms with Crippen LogP contribution in [0.1, 0.15) is 36.5 Å². The van der Waals surface area contributed by atoms with E-state index < -0.39 is 0 Å². The zero-order chi connectivity index (χ0) is 14.1. The number of aromatic nitrogens is 1. The van der Waals surface area contributed by atoms with Crippen molar-refractivity contribution < 1.29 is 4.79 Å². The second-order valence-corrected chi connectivity index (χ2v) is 6.46. The minimum atomic E-state index is 0.0909. The SMILES string of the molecule is CC1CN(Cc2cccc(C(=O)N3CC[C@H](C)C3)n2)C1. The Morgan fingerprint density at radius 3 is 2.70 bits per heavy atom. The lowest BCUT2D eigenvalue weighted by Gasteiger charge is -2.36. The predicted octanol–water partition coefficient (Wildman–Crippen LogP) is 2.02. The molecule has 4 heteroatoms. The van der Waals surface area contributed by atoms with Crippen LogP contribution in [0.5, 0.6) is 0 Å². The molecule has 1 aromatic rings. The van der Waals surface area contributed by atoms with Crippen LogP contribution in [-0.4, -0.2) is 46.9 Å². The van der Waals surface area contributed by atoms with Crippen LogP contribution in [0.15, 0.2) is 18.2 Å². The quantitative estimate of drug-likeness (QED) is 0.845. The van der Waals surface area contributed by atoms with Gasteiger partial charge in [-0.3, -0.25) is 9.69 Å². The summed E-state index contributed by atoms with van der Waals surface area (Å²) in [5.74, 6) is 1.50. The van der Waals surface area contributed by atoms with Crippen molar-refractivity contribution in [3.05, 3.63) is 29.6 Å². The highest BCUT2D eigenvalue weighted by molar-refractivity contribution is 5.92. The standard InChI is InChI=1S/C16H23N3O/c1-12-6-7-19(10-12)16(20)15-5-3-4-14(17-15)11-18-8-13(2)9-18/h3-5,12-13H,6-11H2,1-2H3/t12-/m0/s1. The van der Waals surface area contributed by atoms with E-state index in [-0.39, 0.29) is 5.91 Å². The van der Waals surface area contributed by atoms with Gasteiger partial charge in [0.05, 0.1) is 5.69 Å². The van der Waals surface area contributed by atoms with Crippen molar-refractivity contribution in [1.82, 2.24) is 14.8 Å². The summed E-state index contributed by atoms with van der Waals surface area (Å²) >= 11 is 0. The van der Waals surface area contributed by atoms with Gasteiger partial charge in [-0.25, -0.2) is 4.98 Å². The zero-order valence-corrected chi connectivity index (χ0v) is 12.4. The van der Waals surface area contributed by atoms with Gasteiger partial charge in [0.1, 0.15) is 5.69 Å². The van der Waals surface area contributed by atoms with Crippen LogP contribution in [0.4, 0.5) is 0 Å². The number of carbonyl (C=O) groups excluding carboxylic acids is 1. The van der Waals surface area contributed by atoms with Crippen molar-refractivity contribution in [3.8, 4) is 0 Å². The van der Waals surface area contributed by atoms with Crippen molar-refractivity contribution in [2.75, 3.05) is 26.2 Å². The molecule has 0 aromatic carbocycles. The minimum absolute atomic E-state index is 0.0909. The Bertz CT molecular complexity index is 496. The fourth-order valence-electron chi connectivity index (χ4n) is 3.15. The molecule has 2 aliphatic heterocycles. The minimum Gasteiger partial charge on any atom is -0.337 e. The first kappa shape index (κ1) is 13.6. The molecular formula is C16H23N3O. The maximum absolute atomic E-state index is 12.4. The fraction of sp³-hybridized carbons (Fsp3) is 0.625. The number of rotatable bonds is 3. The van der Waals surface area contributed by atoms with Gasteiger partial charge in [0.25, 0.3) is 5.91 Å². The number of hydrogen-bond donors (Lipinski definition) is 0. The molecule has 0 aliphatic carbocycles. The van der Waals surface area contributed by atoms with E-state index >= 15 is 0 Å². The maximum atomic E-state index is 12.4. The van der Waals surface area contributed by atoms with Gasteiger partial charge in [-0.15, -0.1) is 0 Å². The Hall–Kier alpha value is -1.42. The molecule has 0 radical (unpaired) electrons. The van der Waals surface area contributed by atoms with E-state index in [0.29, 0.717) is 11.6 Å². The monoisotopic (exact) mass is 273 g/mol. The van der Waals surface area contributed by atoms with Crippen LogP contribution in [0.25, 0.3) is 0 Å². The number of pyridine rings is 1. The Morgan fingerprint density at radius 2 is 2.05 bits per heavy atom. The maximum Gasteiger partial charge on any atom is 0.272 e. The summed E-state index contributed by atoms with van der Waals surface area (Å²) in [5.41, 5.74) is 1.61. The first-order chi connectivity index (χ1) is 9.61. The molecular weight excluding hydrogens is 250 g/mol. The predicted molar refractivity (Wildman–Crippen MR) is 78.4 cm³/mol. The summed E-state index contributed by atoms with van der Waals surface area (Å²) in [5, 5.41) is 0. The van der Waals surface area contributed by atoms with Crippen LogP contribution in [0, 0.1) is 11.8 Å². The van der Waals surface area contributed by atoms with Crippen LogP contribution < -0.4 is 0 Å². The average Bonchev–Trinajstić information content (AvgIpc) is 2.83. The Kier molecular flexibility index (Phi) is 3.74. The highest BCUT2D eigenvalue weighted by Crippen LogP contribution is 2.19. The molecule has 3 rings (SSSR count). The Balaban J connectivity index is 1.66. The molecule has 1 aromatic heterocycles. The fourth-order valence-corrected chi connectivity index (χ4v) is 3.15. The molecule has 0 saturated carbocycles. The van der Waals surface area contributed by atoms with E-state index in [9.17, 15) is 4.79 Å². The third kappa shape index (κ3) is 2.85. The van der Waals surface area contributed by atoms with E-state index in [0.717, 1.165) is 50.8 Å². The van der Waals surface area contributed by atoms with Crippen LogP contribution in [0.3, 0.4) is 0 Å². The summed E-state index contributed by atoms with van der Waals surface area (Å²) in [6, 6.07) is 5.82. The van der Waals surface area contributed by atoms with Gasteiger partial charge in [0, 0.05) is 32.7 Å². The van der Waals surface area contributed by atoms with Crippen molar-refractivity contribution in [1.29, 1.82) is 0 Å². The molecule has 2 fully saturated rings. The summed E-state index contributed by atoms with van der Waals surface area (Å²) in [7, 11) is 0. The summed E-state index contributed by atoms with van der Waals surface area (Å²) in [6.07, 6.45) is 1.11. The molecule has 1 atom stereocenters. The van der Waals surface area contributed by atoms with Gasteiger partial charge in [0.15, 0.2) is 0 Å². The highest BCUT2D eigenvalue weighted by Gasteiger charge is 2.26. The number of hydrogen-bond acceptors (Lipinski definition) is 3. The number of carbonyl (C=O) groups is 1. The van der Waals surface area contributed by atoms with Crippen molar-refractivity contribution in [2.45, 2.75) is 26.8 Å². The van der Waals surface area contributed by atoms with Gasteiger partial charge in [0.2, 0.25) is 0 Å². The largest absolute Gasteiger partial charge is 0.337 e. The molecule has 0 spiro atoms. The Labute approximate surface area is 120 Å². The summed E-state index contributed by atoms with van der Waals surface area (Å²) < 4.78 is 0. The molecule has 2 aliphatic rings. The lowest BCUT2D eigenvalue weighted by Crippen LogP contribution is -2.44. The van der Waals surface area contributed by atoms with Crippen molar-refractivity contribution in [3.63, 3.8) is 0 Å². The third-order valence-corrected chi connectivity index (χ3v) is 4.26. The van der Waals surface area contributed by atoms with Crippen LogP contribution in [0.2, 0.25) is 0 Å². The molecule has 4 nitrogen and oxygen atoms in total. The summed E-state index contributed by atoms with van der Waals surface area (Å²) in [6.45, 7) is 9.35. The van der Waals surface area contributed by atoms with Gasteiger partial charge >= 0.3 is 0 Å². The highest BCUT2D eigenvalue weighted by atomic mass is 16.2. The zero-order valence-electron chi connectivity index (χ0n) is 12.4. The lowest BCUT2D eigenvalue weighted by molar-refractivity contribution is 0.0779. The summed E-state index contributed by atoms with van der Waals surface area (Å²) in [4.78, 5) is 21.3. The second kappa shape index (κ2) is 5.52. The smallest absolute Gasteiger partial charge is 0.272 e. The van der Waals surface area contributed by atoms with E-state index in [1.165, 1.54) is 0 Å². The molecule has 108 valence electrons. The van der Waals surface area contributed by atoms with Gasteiger partial charge in [-0.05, 0) is 30.4 Å². The van der Waals surface area contributed by atoms with E-state index in [4.69, 9.17) is 0 Å². The first-order valence-corrected chi connectivity index (χ1v) is 7.59. The molecule has 1 amide bonds. The van der Waals surface area contributed by atoms with Gasteiger partial charge in [-0.1, -0.05) is 19.9 Å². The number of nitrogens with zero attached hydrogens (tertiary/aromatic N) is 3. The third-order valence-electron chi connectivity index (χ3n) is 4.26. The van der Waals surface area contributed by atoms with Gasteiger partial charge < -0.3 is 4.90 Å². The molecule has 0 bridgehead atoms. The molecule has 2 saturated heterocycles.